The summed E-state index contributed by atoms with van der Waals surface area (Å²) in [5.41, 5.74) is 4.26. The Morgan fingerprint density at radius 3 is 2.64 bits per heavy atom. The number of aromatic nitrogens is 1. The van der Waals surface area contributed by atoms with Gasteiger partial charge in [-0.15, -0.1) is 0 Å². The minimum Gasteiger partial charge on any atom is -0.358 e. The van der Waals surface area contributed by atoms with E-state index in [2.05, 4.69) is 30.8 Å². The third-order valence-electron chi connectivity index (χ3n) is 4.86. The summed E-state index contributed by atoms with van der Waals surface area (Å²) in [6.07, 6.45) is 2.61. The number of carbonyl (C=O) groups excluding carboxylic acids is 1. The molecular weight excluding hydrogens is 274 g/mol. The highest BCUT2D eigenvalue weighted by atomic mass is 16.2. The van der Waals surface area contributed by atoms with Gasteiger partial charge in [0.05, 0.1) is 0 Å². The number of likely N-dealkylation sites (N-methyl/N-ethyl adjacent to an activating group) is 2. The van der Waals surface area contributed by atoms with E-state index in [9.17, 15) is 4.79 Å². The van der Waals surface area contributed by atoms with Crippen LogP contribution in [0.2, 0.25) is 0 Å². The number of hydrogen-bond donors (Lipinski definition) is 1. The molecule has 1 saturated carbocycles. The first-order valence-corrected chi connectivity index (χ1v) is 8.02. The van der Waals surface area contributed by atoms with Crippen LogP contribution >= 0.6 is 0 Å². The molecule has 0 bridgehead atoms. The van der Waals surface area contributed by atoms with Crippen LogP contribution in [0.15, 0.2) is 18.2 Å². The van der Waals surface area contributed by atoms with Crippen molar-refractivity contribution in [2.75, 3.05) is 27.2 Å². The van der Waals surface area contributed by atoms with Crippen LogP contribution in [0.5, 0.6) is 0 Å². The number of fused-ring (bicyclic) bond motifs is 1. The molecule has 1 N–H and O–H groups in total. The Morgan fingerprint density at radius 2 is 1.95 bits per heavy atom. The molecule has 118 valence electrons. The van der Waals surface area contributed by atoms with Crippen LogP contribution in [0.25, 0.3) is 10.9 Å². The molecule has 1 aliphatic rings. The van der Waals surface area contributed by atoms with E-state index >= 15 is 0 Å². The summed E-state index contributed by atoms with van der Waals surface area (Å²) in [4.78, 5) is 20.1. The maximum absolute atomic E-state index is 12.6. The van der Waals surface area contributed by atoms with Crippen molar-refractivity contribution in [3.8, 4) is 0 Å². The van der Waals surface area contributed by atoms with E-state index in [-0.39, 0.29) is 5.91 Å². The SMILES string of the molecule is Cc1[nH]c2ccc(C(=O)N(C)CCN(C)C3CC3)cc2c1C. The zero-order valence-electron chi connectivity index (χ0n) is 13.9. The van der Waals surface area contributed by atoms with Crippen LogP contribution in [0.3, 0.4) is 0 Å². The van der Waals surface area contributed by atoms with E-state index in [0.717, 1.165) is 35.6 Å². The van der Waals surface area contributed by atoms with Gasteiger partial charge in [0.1, 0.15) is 0 Å². The number of carbonyl (C=O) groups is 1. The lowest BCUT2D eigenvalue weighted by atomic mass is 10.1. The Kier molecular flexibility index (Phi) is 3.96. The molecule has 1 aliphatic carbocycles. The number of hydrogen-bond acceptors (Lipinski definition) is 2. The van der Waals surface area contributed by atoms with Gasteiger partial charge in [0.2, 0.25) is 0 Å². The maximum atomic E-state index is 12.6. The summed E-state index contributed by atoms with van der Waals surface area (Å²) in [5.74, 6) is 0.101. The first-order chi connectivity index (χ1) is 10.5. The van der Waals surface area contributed by atoms with Gasteiger partial charge in [-0.1, -0.05) is 0 Å². The van der Waals surface area contributed by atoms with E-state index in [1.807, 2.05) is 30.1 Å². The van der Waals surface area contributed by atoms with Gasteiger partial charge in [0.25, 0.3) is 5.91 Å². The van der Waals surface area contributed by atoms with Crippen molar-refractivity contribution in [3.05, 3.63) is 35.0 Å². The molecule has 0 spiro atoms. The summed E-state index contributed by atoms with van der Waals surface area (Å²) in [5, 5.41) is 1.15. The van der Waals surface area contributed by atoms with Crippen molar-refractivity contribution < 1.29 is 4.79 Å². The van der Waals surface area contributed by atoms with Crippen molar-refractivity contribution in [2.24, 2.45) is 0 Å². The average molecular weight is 299 g/mol. The van der Waals surface area contributed by atoms with Gasteiger partial charge in [0.15, 0.2) is 0 Å². The topological polar surface area (TPSA) is 39.3 Å². The second-order valence-electron chi connectivity index (χ2n) is 6.57. The normalized spacial score (nSPS) is 14.8. The van der Waals surface area contributed by atoms with Gasteiger partial charge >= 0.3 is 0 Å². The molecule has 1 aromatic heterocycles. The van der Waals surface area contributed by atoms with Crippen LogP contribution in [0, 0.1) is 13.8 Å². The number of nitrogens with zero attached hydrogens (tertiary/aromatic N) is 2. The fraction of sp³-hybridized carbons (Fsp3) is 0.500. The molecule has 2 aromatic rings. The molecule has 1 fully saturated rings. The Labute approximate surface area is 132 Å². The van der Waals surface area contributed by atoms with Gasteiger partial charge in [-0.2, -0.15) is 0 Å². The van der Waals surface area contributed by atoms with Gasteiger partial charge < -0.3 is 14.8 Å². The fourth-order valence-corrected chi connectivity index (χ4v) is 2.92. The van der Waals surface area contributed by atoms with Gasteiger partial charge in [0, 0.05) is 48.3 Å². The van der Waals surface area contributed by atoms with Crippen LogP contribution in [0.1, 0.15) is 34.5 Å². The number of aromatic amines is 1. The zero-order chi connectivity index (χ0) is 15.9. The molecule has 0 unspecified atom stereocenters. The van der Waals surface area contributed by atoms with Gasteiger partial charge in [-0.3, -0.25) is 4.79 Å². The number of aryl methyl sites for hydroxylation is 2. The summed E-state index contributed by atoms with van der Waals surface area (Å²) >= 11 is 0. The predicted octanol–water partition coefficient (Wildman–Crippen LogP) is 2.95. The lowest BCUT2D eigenvalue weighted by molar-refractivity contribution is 0.0781. The number of nitrogens with one attached hydrogen (secondary N) is 1. The predicted molar refractivity (Wildman–Crippen MR) is 90.4 cm³/mol. The molecule has 0 atom stereocenters. The molecule has 3 rings (SSSR count). The third-order valence-corrected chi connectivity index (χ3v) is 4.86. The Balaban J connectivity index is 1.71. The van der Waals surface area contributed by atoms with Crippen molar-refractivity contribution in [1.82, 2.24) is 14.8 Å². The smallest absolute Gasteiger partial charge is 0.253 e. The monoisotopic (exact) mass is 299 g/mol. The van der Waals surface area contributed by atoms with Crippen LogP contribution < -0.4 is 0 Å². The van der Waals surface area contributed by atoms with E-state index in [1.165, 1.54) is 24.1 Å². The summed E-state index contributed by atoms with van der Waals surface area (Å²) in [7, 11) is 4.04. The van der Waals surface area contributed by atoms with Crippen molar-refractivity contribution in [1.29, 1.82) is 0 Å². The second kappa shape index (κ2) is 5.76. The van der Waals surface area contributed by atoms with Gasteiger partial charge in [-0.05, 0) is 57.5 Å². The number of H-pyrrole nitrogens is 1. The van der Waals surface area contributed by atoms with Crippen LogP contribution in [0.4, 0.5) is 0 Å². The summed E-state index contributed by atoms with van der Waals surface area (Å²) < 4.78 is 0. The lowest BCUT2D eigenvalue weighted by Gasteiger charge is -2.22. The number of benzene rings is 1. The molecule has 4 nitrogen and oxygen atoms in total. The molecule has 0 aliphatic heterocycles. The molecule has 4 heteroatoms. The molecule has 0 saturated heterocycles. The average Bonchev–Trinajstić information content (AvgIpc) is 3.32. The summed E-state index contributed by atoms with van der Waals surface area (Å²) in [6, 6.07) is 6.68. The quantitative estimate of drug-likeness (QED) is 0.922. The lowest BCUT2D eigenvalue weighted by Crippen LogP contribution is -2.35. The zero-order valence-corrected chi connectivity index (χ0v) is 13.9. The van der Waals surface area contributed by atoms with Crippen molar-refractivity contribution in [3.63, 3.8) is 0 Å². The van der Waals surface area contributed by atoms with Crippen molar-refractivity contribution >= 4 is 16.8 Å². The Morgan fingerprint density at radius 1 is 1.23 bits per heavy atom. The highest BCUT2D eigenvalue weighted by Crippen LogP contribution is 2.25. The maximum Gasteiger partial charge on any atom is 0.253 e. The van der Waals surface area contributed by atoms with Crippen LogP contribution in [-0.2, 0) is 0 Å². The van der Waals surface area contributed by atoms with E-state index in [0.29, 0.717) is 0 Å². The Hall–Kier alpha value is -1.81. The van der Waals surface area contributed by atoms with Crippen LogP contribution in [-0.4, -0.2) is 53.9 Å². The number of amides is 1. The molecule has 0 radical (unpaired) electrons. The first kappa shape index (κ1) is 15.1. The molecule has 1 heterocycles. The third kappa shape index (κ3) is 2.88. The standard InChI is InChI=1S/C18H25N3O/c1-12-13(2)19-17-8-5-14(11-16(12)17)18(22)21(4)10-9-20(3)15-6-7-15/h5,8,11,15,19H,6-7,9-10H2,1-4H3. The molecular formula is C18H25N3O. The minimum absolute atomic E-state index is 0.101. The highest BCUT2D eigenvalue weighted by Gasteiger charge is 2.26. The molecule has 1 amide bonds. The minimum atomic E-state index is 0.101. The van der Waals surface area contributed by atoms with E-state index in [4.69, 9.17) is 0 Å². The molecule has 1 aromatic carbocycles. The highest BCUT2D eigenvalue weighted by molar-refractivity contribution is 5.98. The van der Waals surface area contributed by atoms with Crippen molar-refractivity contribution in [2.45, 2.75) is 32.7 Å². The Bertz CT molecular complexity index is 700. The van der Waals surface area contributed by atoms with Gasteiger partial charge in [-0.25, -0.2) is 0 Å². The fourth-order valence-electron chi connectivity index (χ4n) is 2.92. The van der Waals surface area contributed by atoms with E-state index in [1.54, 1.807) is 0 Å². The largest absolute Gasteiger partial charge is 0.358 e. The second-order valence-corrected chi connectivity index (χ2v) is 6.57. The summed E-state index contributed by atoms with van der Waals surface area (Å²) in [6.45, 7) is 5.87. The first-order valence-electron chi connectivity index (χ1n) is 8.02. The number of rotatable bonds is 5. The van der Waals surface area contributed by atoms with E-state index < -0.39 is 0 Å². The molecule has 22 heavy (non-hydrogen) atoms.